The highest BCUT2D eigenvalue weighted by atomic mass is 16.1. The van der Waals surface area contributed by atoms with Crippen LogP contribution in [0.4, 0.5) is 0 Å². The summed E-state index contributed by atoms with van der Waals surface area (Å²) in [4.78, 5) is 11.9. The first-order chi connectivity index (χ1) is 8.20. The largest absolute Gasteiger partial charge is 0.333 e. The average molecular weight is 232 g/mol. The van der Waals surface area contributed by atoms with Crippen LogP contribution >= 0.6 is 0 Å². The van der Waals surface area contributed by atoms with Gasteiger partial charge in [-0.2, -0.15) is 9.61 Å². The van der Waals surface area contributed by atoms with Crippen molar-refractivity contribution in [3.63, 3.8) is 0 Å². The van der Waals surface area contributed by atoms with Crippen LogP contribution in [0.15, 0.2) is 16.9 Å². The van der Waals surface area contributed by atoms with Crippen molar-refractivity contribution in [3.05, 3.63) is 33.9 Å². The summed E-state index contributed by atoms with van der Waals surface area (Å²) in [5.41, 5.74) is 8.36. The second-order valence-corrected chi connectivity index (χ2v) is 4.69. The second-order valence-electron chi connectivity index (χ2n) is 4.69. The van der Waals surface area contributed by atoms with Gasteiger partial charge in [0, 0.05) is 37.2 Å². The smallest absolute Gasteiger partial charge is 0.274 e. The molecule has 3 rings (SSSR count). The summed E-state index contributed by atoms with van der Waals surface area (Å²) >= 11 is 0. The van der Waals surface area contributed by atoms with E-state index >= 15 is 0 Å². The number of nitrogens with zero attached hydrogens (tertiary/aromatic N) is 3. The Morgan fingerprint density at radius 1 is 1.47 bits per heavy atom. The summed E-state index contributed by atoms with van der Waals surface area (Å²) in [5.74, 6) is 0.562. The first-order valence-electron chi connectivity index (χ1n) is 5.99. The zero-order chi connectivity index (χ0) is 12.0. The third-order valence-corrected chi connectivity index (χ3v) is 3.38. The van der Waals surface area contributed by atoms with Gasteiger partial charge in [-0.05, 0) is 19.4 Å². The highest BCUT2D eigenvalue weighted by molar-refractivity contribution is 5.43. The van der Waals surface area contributed by atoms with Crippen molar-refractivity contribution in [2.45, 2.75) is 25.2 Å². The van der Waals surface area contributed by atoms with E-state index in [9.17, 15) is 4.79 Å². The van der Waals surface area contributed by atoms with E-state index in [0.29, 0.717) is 18.9 Å². The molecule has 2 heterocycles. The molecule has 2 aromatic rings. The molecule has 2 aromatic heterocycles. The Kier molecular flexibility index (Phi) is 2.29. The highest BCUT2D eigenvalue weighted by Gasteiger charge is 2.27. The molecule has 90 valence electrons. The van der Waals surface area contributed by atoms with E-state index in [-0.39, 0.29) is 5.56 Å². The number of hydrogen-bond donors (Lipinski definition) is 1. The molecule has 0 radical (unpaired) electrons. The zero-order valence-electron chi connectivity index (χ0n) is 9.89. The van der Waals surface area contributed by atoms with Gasteiger partial charge in [0.2, 0.25) is 0 Å². The summed E-state index contributed by atoms with van der Waals surface area (Å²) in [7, 11) is 1.96. The summed E-state index contributed by atoms with van der Waals surface area (Å²) in [5, 5.41) is 4.39. The molecule has 0 amide bonds. The lowest BCUT2D eigenvalue weighted by molar-refractivity contribution is 0.751. The molecule has 0 atom stereocenters. The topological polar surface area (TPSA) is 65.3 Å². The third-order valence-electron chi connectivity index (χ3n) is 3.38. The Bertz CT molecular complexity index is 621. The molecule has 0 aliphatic heterocycles. The molecular weight excluding hydrogens is 216 g/mol. The third kappa shape index (κ3) is 1.67. The quantitative estimate of drug-likeness (QED) is 0.833. The van der Waals surface area contributed by atoms with Crippen LogP contribution in [0.5, 0.6) is 0 Å². The fraction of sp³-hybridized carbons (Fsp3) is 0.500. The van der Waals surface area contributed by atoms with Gasteiger partial charge in [0.1, 0.15) is 5.65 Å². The second kappa shape index (κ2) is 3.70. The van der Waals surface area contributed by atoms with Crippen LogP contribution in [-0.2, 0) is 13.5 Å². The van der Waals surface area contributed by atoms with Gasteiger partial charge in [-0.1, -0.05) is 0 Å². The maximum Gasteiger partial charge on any atom is 0.274 e. The fourth-order valence-electron chi connectivity index (χ4n) is 2.20. The highest BCUT2D eigenvalue weighted by Crippen LogP contribution is 2.39. The Morgan fingerprint density at radius 3 is 2.88 bits per heavy atom. The lowest BCUT2D eigenvalue weighted by Gasteiger charge is -2.08. The van der Waals surface area contributed by atoms with Crippen LogP contribution in [-0.4, -0.2) is 20.7 Å². The van der Waals surface area contributed by atoms with Crippen molar-refractivity contribution in [1.82, 2.24) is 14.2 Å². The number of rotatable bonds is 3. The van der Waals surface area contributed by atoms with Crippen LogP contribution in [0, 0.1) is 0 Å². The first-order valence-corrected chi connectivity index (χ1v) is 5.99. The standard InChI is InChI=1S/C12H16N4O/c1-15-9(4-5-13)6-12(17)16-11(15)7-10(14-16)8-2-3-8/h6-8H,2-5,13H2,1H3. The summed E-state index contributed by atoms with van der Waals surface area (Å²) < 4.78 is 3.50. The zero-order valence-corrected chi connectivity index (χ0v) is 9.89. The molecule has 0 saturated heterocycles. The van der Waals surface area contributed by atoms with Crippen molar-refractivity contribution < 1.29 is 0 Å². The van der Waals surface area contributed by atoms with Gasteiger partial charge in [0.15, 0.2) is 0 Å². The van der Waals surface area contributed by atoms with Gasteiger partial charge in [0.05, 0.1) is 5.69 Å². The first kappa shape index (κ1) is 10.5. The molecular formula is C12H16N4O. The molecule has 0 bridgehead atoms. The van der Waals surface area contributed by atoms with Gasteiger partial charge in [-0.15, -0.1) is 0 Å². The molecule has 1 fully saturated rings. The lowest BCUT2D eigenvalue weighted by Crippen LogP contribution is -2.21. The van der Waals surface area contributed by atoms with Crippen molar-refractivity contribution in [1.29, 1.82) is 0 Å². The number of hydrogen-bond acceptors (Lipinski definition) is 3. The van der Waals surface area contributed by atoms with Gasteiger partial charge in [0.25, 0.3) is 5.56 Å². The molecule has 0 spiro atoms. The SMILES string of the molecule is Cn1c(CCN)cc(=O)n2nc(C3CC3)cc12. The Labute approximate surface area is 98.9 Å². The van der Waals surface area contributed by atoms with Crippen molar-refractivity contribution in [3.8, 4) is 0 Å². The maximum absolute atomic E-state index is 11.9. The van der Waals surface area contributed by atoms with Gasteiger partial charge in [-0.25, -0.2) is 0 Å². The van der Waals surface area contributed by atoms with Crippen molar-refractivity contribution in [2.75, 3.05) is 6.54 Å². The number of aromatic nitrogens is 3. The monoisotopic (exact) mass is 232 g/mol. The predicted octanol–water partition coefficient (Wildman–Crippen LogP) is 0.412. The molecule has 5 nitrogen and oxygen atoms in total. The van der Waals surface area contributed by atoms with Crippen molar-refractivity contribution in [2.24, 2.45) is 12.8 Å². The predicted molar refractivity (Wildman–Crippen MR) is 65.2 cm³/mol. The van der Waals surface area contributed by atoms with Gasteiger partial charge in [-0.3, -0.25) is 4.79 Å². The Balaban J connectivity index is 2.22. The minimum absolute atomic E-state index is 0.0616. The van der Waals surface area contributed by atoms with Gasteiger partial charge < -0.3 is 10.3 Å². The average Bonchev–Trinajstić information content (AvgIpc) is 3.05. The van der Waals surface area contributed by atoms with Crippen LogP contribution in [0.3, 0.4) is 0 Å². The van der Waals surface area contributed by atoms with E-state index in [1.165, 1.54) is 17.4 Å². The molecule has 0 unspecified atom stereocenters. The van der Waals surface area contributed by atoms with E-state index in [1.807, 2.05) is 17.7 Å². The van der Waals surface area contributed by atoms with E-state index in [1.54, 1.807) is 6.07 Å². The number of aryl methyl sites for hydroxylation is 1. The minimum Gasteiger partial charge on any atom is -0.333 e. The fourth-order valence-corrected chi connectivity index (χ4v) is 2.20. The molecule has 1 aliphatic carbocycles. The molecule has 5 heteroatoms. The maximum atomic E-state index is 11.9. The molecule has 1 aliphatic rings. The van der Waals surface area contributed by atoms with Crippen LogP contribution in [0.1, 0.15) is 30.1 Å². The minimum atomic E-state index is -0.0616. The summed E-state index contributed by atoms with van der Waals surface area (Å²) in [6, 6.07) is 3.66. The van der Waals surface area contributed by atoms with Crippen LogP contribution in [0.2, 0.25) is 0 Å². The van der Waals surface area contributed by atoms with E-state index in [4.69, 9.17) is 5.73 Å². The molecule has 0 aromatic carbocycles. The van der Waals surface area contributed by atoms with Crippen LogP contribution < -0.4 is 11.3 Å². The normalized spacial score (nSPS) is 15.6. The van der Waals surface area contributed by atoms with Crippen molar-refractivity contribution >= 4 is 5.65 Å². The Hall–Kier alpha value is -1.62. The van der Waals surface area contributed by atoms with E-state index in [0.717, 1.165) is 17.0 Å². The summed E-state index contributed by atoms with van der Waals surface area (Å²) in [6.45, 7) is 0.549. The van der Waals surface area contributed by atoms with E-state index < -0.39 is 0 Å². The van der Waals surface area contributed by atoms with E-state index in [2.05, 4.69) is 5.10 Å². The number of fused-ring (bicyclic) bond motifs is 1. The number of nitrogens with two attached hydrogens (primary N) is 1. The Morgan fingerprint density at radius 2 is 2.24 bits per heavy atom. The lowest BCUT2D eigenvalue weighted by atomic mass is 10.2. The molecule has 1 saturated carbocycles. The van der Waals surface area contributed by atoms with Crippen LogP contribution in [0.25, 0.3) is 5.65 Å². The summed E-state index contributed by atoms with van der Waals surface area (Å²) in [6.07, 6.45) is 3.10. The molecule has 17 heavy (non-hydrogen) atoms. The molecule has 2 N–H and O–H groups in total. The van der Waals surface area contributed by atoms with Gasteiger partial charge >= 0.3 is 0 Å².